The summed E-state index contributed by atoms with van der Waals surface area (Å²) in [7, 11) is 0. The molecule has 1 unspecified atom stereocenters. The Hall–Kier alpha value is -1.35. The number of hydrogen-bond donors (Lipinski definition) is 2. The zero-order valence-corrected chi connectivity index (χ0v) is 10.4. The van der Waals surface area contributed by atoms with Gasteiger partial charge in [0, 0.05) is 18.7 Å². The van der Waals surface area contributed by atoms with Crippen LogP contribution in [0.25, 0.3) is 0 Å². The van der Waals surface area contributed by atoms with Crippen LogP contribution in [0.4, 0.5) is 0 Å². The third kappa shape index (κ3) is 3.07. The molecule has 0 radical (unpaired) electrons. The maximum Gasteiger partial charge on any atom is 0.123 e. The van der Waals surface area contributed by atoms with Gasteiger partial charge in [0.25, 0.3) is 0 Å². The molecule has 1 atom stereocenters. The molecule has 1 heterocycles. The van der Waals surface area contributed by atoms with Crippen LogP contribution in [0.15, 0.2) is 24.3 Å². The molecule has 0 spiro atoms. The van der Waals surface area contributed by atoms with Gasteiger partial charge in [-0.15, -0.1) is 0 Å². The van der Waals surface area contributed by atoms with Gasteiger partial charge < -0.3 is 5.73 Å². The maximum atomic E-state index is 7.59. The Morgan fingerprint density at radius 3 is 2.94 bits per heavy atom. The second-order valence-corrected chi connectivity index (χ2v) is 5.05. The van der Waals surface area contributed by atoms with E-state index < -0.39 is 0 Å². The van der Waals surface area contributed by atoms with Crippen LogP contribution in [0.5, 0.6) is 0 Å². The van der Waals surface area contributed by atoms with Crippen molar-refractivity contribution >= 4 is 5.84 Å². The van der Waals surface area contributed by atoms with Crippen molar-refractivity contribution in [1.29, 1.82) is 5.41 Å². The number of likely N-dealkylation sites (tertiary alicyclic amines) is 1. The Labute approximate surface area is 103 Å². The summed E-state index contributed by atoms with van der Waals surface area (Å²) in [5.41, 5.74) is 7.67. The van der Waals surface area contributed by atoms with Gasteiger partial charge in [0.05, 0.1) is 0 Å². The van der Waals surface area contributed by atoms with Crippen LogP contribution in [-0.4, -0.2) is 23.8 Å². The lowest BCUT2D eigenvalue weighted by atomic mass is 9.99. The van der Waals surface area contributed by atoms with Crippen LogP contribution in [0.2, 0.25) is 0 Å². The molecule has 0 amide bonds. The highest BCUT2D eigenvalue weighted by atomic mass is 15.1. The molecule has 1 aliphatic heterocycles. The zero-order chi connectivity index (χ0) is 12.3. The minimum Gasteiger partial charge on any atom is -0.384 e. The summed E-state index contributed by atoms with van der Waals surface area (Å²) in [6, 6.07) is 7.98. The highest BCUT2D eigenvalue weighted by Gasteiger charge is 2.17. The second-order valence-electron chi connectivity index (χ2n) is 5.05. The molecule has 3 N–H and O–H groups in total. The fraction of sp³-hybridized carbons (Fsp3) is 0.500. The largest absolute Gasteiger partial charge is 0.384 e. The third-order valence-corrected chi connectivity index (χ3v) is 3.44. The van der Waals surface area contributed by atoms with Crippen LogP contribution >= 0.6 is 0 Å². The number of piperidine rings is 1. The molecule has 1 aromatic carbocycles. The van der Waals surface area contributed by atoms with E-state index in [1.54, 1.807) is 0 Å². The average molecular weight is 231 g/mol. The van der Waals surface area contributed by atoms with Crippen LogP contribution in [0, 0.1) is 11.3 Å². The highest BCUT2D eigenvalue weighted by molar-refractivity contribution is 5.96. The van der Waals surface area contributed by atoms with E-state index in [1.165, 1.54) is 18.4 Å². The van der Waals surface area contributed by atoms with E-state index in [0.717, 1.165) is 31.1 Å². The quantitative estimate of drug-likeness (QED) is 0.619. The number of benzene rings is 1. The molecule has 0 aromatic heterocycles. The van der Waals surface area contributed by atoms with Gasteiger partial charge in [0.2, 0.25) is 0 Å². The normalized spacial score (nSPS) is 21.4. The Morgan fingerprint density at radius 2 is 2.24 bits per heavy atom. The Morgan fingerprint density at radius 1 is 1.47 bits per heavy atom. The van der Waals surface area contributed by atoms with Crippen molar-refractivity contribution in [2.75, 3.05) is 13.1 Å². The SMILES string of the molecule is CC1CCCN(Cc2ccccc2C(=N)N)C1. The van der Waals surface area contributed by atoms with Crippen molar-refractivity contribution in [3.63, 3.8) is 0 Å². The van der Waals surface area contributed by atoms with E-state index in [-0.39, 0.29) is 5.84 Å². The Balaban J connectivity index is 2.10. The summed E-state index contributed by atoms with van der Waals surface area (Å²) < 4.78 is 0. The molecule has 2 rings (SSSR count). The first-order chi connectivity index (χ1) is 8.16. The van der Waals surface area contributed by atoms with E-state index in [1.807, 2.05) is 18.2 Å². The fourth-order valence-corrected chi connectivity index (χ4v) is 2.59. The highest BCUT2D eigenvalue weighted by Crippen LogP contribution is 2.19. The van der Waals surface area contributed by atoms with Gasteiger partial charge in [-0.05, 0) is 30.9 Å². The second kappa shape index (κ2) is 5.32. The summed E-state index contributed by atoms with van der Waals surface area (Å²) in [4.78, 5) is 2.47. The first-order valence-corrected chi connectivity index (χ1v) is 6.31. The standard InChI is InChI=1S/C14H21N3/c1-11-5-4-8-17(9-11)10-12-6-2-3-7-13(12)14(15)16/h2-3,6-7,11H,4-5,8-10H2,1H3,(H3,15,16). The lowest BCUT2D eigenvalue weighted by molar-refractivity contribution is 0.176. The number of nitrogens with one attached hydrogen (secondary N) is 1. The van der Waals surface area contributed by atoms with E-state index in [2.05, 4.69) is 17.9 Å². The molecule has 1 aliphatic rings. The predicted octanol–water partition coefficient (Wildman–Crippen LogP) is 2.20. The first-order valence-electron chi connectivity index (χ1n) is 6.31. The topological polar surface area (TPSA) is 53.1 Å². The number of rotatable bonds is 3. The lowest BCUT2D eigenvalue weighted by Crippen LogP contribution is -2.34. The van der Waals surface area contributed by atoms with Gasteiger partial charge in [-0.25, -0.2) is 0 Å². The van der Waals surface area contributed by atoms with Gasteiger partial charge in [-0.2, -0.15) is 0 Å². The van der Waals surface area contributed by atoms with Crippen molar-refractivity contribution < 1.29 is 0 Å². The summed E-state index contributed by atoms with van der Waals surface area (Å²) in [6.45, 7) is 5.55. The van der Waals surface area contributed by atoms with Gasteiger partial charge in [0.15, 0.2) is 0 Å². The maximum absolute atomic E-state index is 7.59. The van der Waals surface area contributed by atoms with E-state index >= 15 is 0 Å². The minimum absolute atomic E-state index is 0.172. The predicted molar refractivity (Wildman–Crippen MR) is 71.1 cm³/mol. The molecule has 0 bridgehead atoms. The Bertz CT molecular complexity index is 400. The van der Waals surface area contributed by atoms with Crippen LogP contribution < -0.4 is 5.73 Å². The molecule has 17 heavy (non-hydrogen) atoms. The van der Waals surface area contributed by atoms with E-state index in [0.29, 0.717) is 0 Å². The van der Waals surface area contributed by atoms with Crippen molar-refractivity contribution in [3.05, 3.63) is 35.4 Å². The summed E-state index contributed by atoms with van der Waals surface area (Å²) in [5, 5.41) is 7.59. The van der Waals surface area contributed by atoms with Crippen LogP contribution in [0.3, 0.4) is 0 Å². The van der Waals surface area contributed by atoms with Gasteiger partial charge >= 0.3 is 0 Å². The third-order valence-electron chi connectivity index (χ3n) is 3.44. The molecule has 1 aromatic rings. The number of amidine groups is 1. The van der Waals surface area contributed by atoms with Crippen molar-refractivity contribution in [2.45, 2.75) is 26.3 Å². The molecule has 3 nitrogen and oxygen atoms in total. The first kappa shape index (κ1) is 12.1. The molecule has 92 valence electrons. The van der Waals surface area contributed by atoms with E-state index in [4.69, 9.17) is 11.1 Å². The smallest absolute Gasteiger partial charge is 0.123 e. The summed E-state index contributed by atoms with van der Waals surface area (Å²) >= 11 is 0. The molecule has 1 saturated heterocycles. The van der Waals surface area contributed by atoms with Crippen molar-refractivity contribution in [2.24, 2.45) is 11.7 Å². The zero-order valence-electron chi connectivity index (χ0n) is 10.4. The summed E-state index contributed by atoms with van der Waals surface area (Å²) in [6.07, 6.45) is 2.62. The molecule has 0 saturated carbocycles. The molecular weight excluding hydrogens is 210 g/mol. The number of nitrogens with two attached hydrogens (primary N) is 1. The number of nitrogens with zero attached hydrogens (tertiary/aromatic N) is 1. The van der Waals surface area contributed by atoms with Gasteiger partial charge in [0.1, 0.15) is 5.84 Å². The average Bonchev–Trinajstić information content (AvgIpc) is 2.29. The van der Waals surface area contributed by atoms with E-state index in [9.17, 15) is 0 Å². The molecule has 3 heteroatoms. The van der Waals surface area contributed by atoms with Crippen LogP contribution in [0.1, 0.15) is 30.9 Å². The van der Waals surface area contributed by atoms with Crippen LogP contribution in [-0.2, 0) is 6.54 Å². The number of nitrogen functional groups attached to an aromatic ring is 1. The summed E-state index contributed by atoms with van der Waals surface area (Å²) in [5.74, 6) is 0.957. The number of hydrogen-bond acceptors (Lipinski definition) is 2. The van der Waals surface area contributed by atoms with Gasteiger partial charge in [-0.1, -0.05) is 31.2 Å². The van der Waals surface area contributed by atoms with Crippen molar-refractivity contribution in [1.82, 2.24) is 4.90 Å². The fourth-order valence-electron chi connectivity index (χ4n) is 2.59. The molecule has 1 fully saturated rings. The molecule has 0 aliphatic carbocycles. The monoisotopic (exact) mass is 231 g/mol. The Kier molecular flexibility index (Phi) is 3.79. The lowest BCUT2D eigenvalue weighted by Gasteiger charge is -2.31. The minimum atomic E-state index is 0.172. The van der Waals surface area contributed by atoms with Crippen molar-refractivity contribution in [3.8, 4) is 0 Å². The van der Waals surface area contributed by atoms with Gasteiger partial charge in [-0.3, -0.25) is 10.3 Å². The molecular formula is C14H21N3.